The molecule has 0 aliphatic rings. The minimum Gasteiger partial charge on any atom is -0.354 e. The zero-order valence-electron chi connectivity index (χ0n) is 9.88. The number of aromatic amines is 1. The van der Waals surface area contributed by atoms with Gasteiger partial charge in [0.2, 0.25) is 6.04 Å². The molecule has 3 rings (SSSR count). The van der Waals surface area contributed by atoms with E-state index in [2.05, 4.69) is 4.98 Å². The van der Waals surface area contributed by atoms with Crippen molar-refractivity contribution < 1.29 is 4.92 Å². The molecule has 90 valence electrons. The molecule has 0 bridgehead atoms. The van der Waals surface area contributed by atoms with Gasteiger partial charge in [-0.2, -0.15) is 0 Å². The Morgan fingerprint density at radius 3 is 2.61 bits per heavy atom. The first-order valence-corrected chi connectivity index (χ1v) is 5.81. The number of nitrogens with zero attached hydrogens (tertiary/aromatic N) is 1. The highest BCUT2D eigenvalue weighted by Gasteiger charge is 2.20. The predicted octanol–water partition coefficient (Wildman–Crippen LogP) is 3.66. The Labute approximate surface area is 103 Å². The number of fused-ring (bicyclic) bond motifs is 3. The van der Waals surface area contributed by atoms with Crippen LogP contribution in [0.4, 0.5) is 0 Å². The first-order valence-electron chi connectivity index (χ1n) is 5.81. The van der Waals surface area contributed by atoms with Gasteiger partial charge in [0.05, 0.1) is 5.52 Å². The van der Waals surface area contributed by atoms with Crippen LogP contribution in [-0.4, -0.2) is 9.91 Å². The summed E-state index contributed by atoms with van der Waals surface area (Å²) in [5.74, 6) is 0. The summed E-state index contributed by atoms with van der Waals surface area (Å²) < 4.78 is 0. The molecule has 4 heteroatoms. The number of para-hydroxylation sites is 2. The number of nitro groups is 1. The first kappa shape index (κ1) is 10.8. The van der Waals surface area contributed by atoms with Crippen molar-refractivity contribution >= 4 is 21.8 Å². The Kier molecular flexibility index (Phi) is 2.30. The van der Waals surface area contributed by atoms with Gasteiger partial charge in [-0.15, -0.1) is 0 Å². The molecule has 18 heavy (non-hydrogen) atoms. The third kappa shape index (κ3) is 1.46. The van der Waals surface area contributed by atoms with E-state index in [1.165, 1.54) is 0 Å². The number of aromatic nitrogens is 1. The van der Waals surface area contributed by atoms with Crippen molar-refractivity contribution in [2.24, 2.45) is 0 Å². The quantitative estimate of drug-likeness (QED) is 0.549. The second-order valence-corrected chi connectivity index (χ2v) is 4.40. The second kappa shape index (κ2) is 3.84. The summed E-state index contributed by atoms with van der Waals surface area (Å²) in [6, 6.07) is 12.9. The lowest BCUT2D eigenvalue weighted by molar-refractivity contribution is -0.524. The molecule has 1 heterocycles. The third-order valence-corrected chi connectivity index (χ3v) is 3.34. The summed E-state index contributed by atoms with van der Waals surface area (Å²) in [6.45, 7) is 1.61. The fourth-order valence-corrected chi connectivity index (χ4v) is 2.36. The minimum absolute atomic E-state index is 0.264. The predicted molar refractivity (Wildman–Crippen MR) is 71.2 cm³/mol. The standard InChI is InChI=1S/C14H12N2O2/c1-9(16(17)18)10-6-4-7-12-11-5-2-3-8-13(11)15-14(10)12/h2-9,15H,1H3. The largest absolute Gasteiger partial charge is 0.354 e. The van der Waals surface area contributed by atoms with Gasteiger partial charge in [-0.05, 0) is 6.07 Å². The lowest BCUT2D eigenvalue weighted by atomic mass is 10.0. The van der Waals surface area contributed by atoms with Crippen LogP contribution in [0.3, 0.4) is 0 Å². The number of nitrogens with one attached hydrogen (secondary N) is 1. The van der Waals surface area contributed by atoms with Gasteiger partial charge in [0, 0.05) is 33.7 Å². The summed E-state index contributed by atoms with van der Waals surface area (Å²) >= 11 is 0. The summed E-state index contributed by atoms with van der Waals surface area (Å²) in [5, 5.41) is 13.1. The van der Waals surface area contributed by atoms with Gasteiger partial charge in [0.15, 0.2) is 0 Å². The molecule has 1 unspecified atom stereocenters. The summed E-state index contributed by atoms with van der Waals surface area (Å²) in [7, 11) is 0. The van der Waals surface area contributed by atoms with Crippen LogP contribution in [0, 0.1) is 10.1 Å². The van der Waals surface area contributed by atoms with E-state index in [0.29, 0.717) is 0 Å². The third-order valence-electron chi connectivity index (χ3n) is 3.34. The Morgan fingerprint density at radius 1 is 1.11 bits per heavy atom. The second-order valence-electron chi connectivity index (χ2n) is 4.40. The van der Waals surface area contributed by atoms with E-state index >= 15 is 0 Å². The molecular weight excluding hydrogens is 228 g/mol. The van der Waals surface area contributed by atoms with Crippen LogP contribution in [0.15, 0.2) is 42.5 Å². The molecule has 0 amide bonds. The zero-order valence-corrected chi connectivity index (χ0v) is 9.88. The van der Waals surface area contributed by atoms with Crippen LogP contribution in [0.2, 0.25) is 0 Å². The fourth-order valence-electron chi connectivity index (χ4n) is 2.36. The number of benzene rings is 2. The van der Waals surface area contributed by atoms with Gasteiger partial charge in [-0.25, -0.2) is 0 Å². The van der Waals surface area contributed by atoms with Gasteiger partial charge >= 0.3 is 0 Å². The average Bonchev–Trinajstić information content (AvgIpc) is 2.76. The molecule has 1 N–H and O–H groups in total. The van der Waals surface area contributed by atoms with E-state index < -0.39 is 6.04 Å². The molecule has 3 aromatic rings. The smallest absolute Gasteiger partial charge is 0.237 e. The summed E-state index contributed by atoms with van der Waals surface area (Å²) in [4.78, 5) is 14.0. The van der Waals surface area contributed by atoms with Crippen molar-refractivity contribution in [3.63, 3.8) is 0 Å². The molecule has 1 aromatic heterocycles. The minimum atomic E-state index is -0.707. The summed E-state index contributed by atoms with van der Waals surface area (Å²) in [6.07, 6.45) is 0. The van der Waals surface area contributed by atoms with Gasteiger partial charge in [-0.1, -0.05) is 36.4 Å². The van der Waals surface area contributed by atoms with E-state index in [4.69, 9.17) is 0 Å². The van der Waals surface area contributed by atoms with Gasteiger partial charge in [0.25, 0.3) is 0 Å². The lowest BCUT2D eigenvalue weighted by Gasteiger charge is -2.05. The molecule has 0 aliphatic carbocycles. The molecule has 0 aliphatic heterocycles. The Balaban J connectivity index is 2.37. The van der Waals surface area contributed by atoms with Crippen molar-refractivity contribution in [1.29, 1.82) is 0 Å². The van der Waals surface area contributed by atoms with Crippen molar-refractivity contribution in [1.82, 2.24) is 4.98 Å². The Hall–Kier alpha value is -2.36. The van der Waals surface area contributed by atoms with Gasteiger partial charge in [-0.3, -0.25) is 10.1 Å². The number of H-pyrrole nitrogens is 1. The van der Waals surface area contributed by atoms with E-state index in [-0.39, 0.29) is 4.92 Å². The van der Waals surface area contributed by atoms with E-state index in [1.807, 2.05) is 42.5 Å². The van der Waals surface area contributed by atoms with E-state index in [0.717, 1.165) is 27.4 Å². The highest BCUT2D eigenvalue weighted by atomic mass is 16.6. The van der Waals surface area contributed by atoms with Gasteiger partial charge < -0.3 is 4.98 Å². The molecule has 0 saturated heterocycles. The van der Waals surface area contributed by atoms with Crippen LogP contribution in [0.25, 0.3) is 21.8 Å². The highest BCUT2D eigenvalue weighted by Crippen LogP contribution is 2.30. The Morgan fingerprint density at radius 2 is 1.83 bits per heavy atom. The van der Waals surface area contributed by atoms with E-state index in [9.17, 15) is 10.1 Å². The Bertz CT molecular complexity index is 746. The topological polar surface area (TPSA) is 58.9 Å². The summed E-state index contributed by atoms with van der Waals surface area (Å²) in [5.41, 5.74) is 2.60. The lowest BCUT2D eigenvalue weighted by Crippen LogP contribution is -2.06. The SMILES string of the molecule is CC(c1cccc2c1[nH]c1ccccc12)[N+](=O)[O-]. The molecule has 0 fully saturated rings. The molecular formula is C14H12N2O2. The maximum absolute atomic E-state index is 11.0. The van der Waals surface area contributed by atoms with Crippen LogP contribution >= 0.6 is 0 Å². The van der Waals surface area contributed by atoms with Crippen LogP contribution < -0.4 is 0 Å². The first-order chi connectivity index (χ1) is 8.68. The highest BCUT2D eigenvalue weighted by molar-refractivity contribution is 6.08. The van der Waals surface area contributed by atoms with E-state index in [1.54, 1.807) is 6.92 Å². The number of rotatable bonds is 2. The van der Waals surface area contributed by atoms with Crippen molar-refractivity contribution in [3.8, 4) is 0 Å². The van der Waals surface area contributed by atoms with Crippen LogP contribution in [0.1, 0.15) is 18.5 Å². The van der Waals surface area contributed by atoms with Gasteiger partial charge in [0.1, 0.15) is 0 Å². The van der Waals surface area contributed by atoms with Crippen molar-refractivity contribution in [3.05, 3.63) is 58.1 Å². The maximum atomic E-state index is 11.0. The molecule has 1 atom stereocenters. The van der Waals surface area contributed by atoms with Crippen LogP contribution in [0.5, 0.6) is 0 Å². The molecule has 4 nitrogen and oxygen atoms in total. The molecule has 0 spiro atoms. The zero-order chi connectivity index (χ0) is 12.7. The van der Waals surface area contributed by atoms with Crippen molar-refractivity contribution in [2.45, 2.75) is 13.0 Å². The molecule has 0 radical (unpaired) electrons. The fraction of sp³-hybridized carbons (Fsp3) is 0.143. The average molecular weight is 240 g/mol. The molecule has 0 saturated carbocycles. The van der Waals surface area contributed by atoms with Crippen LogP contribution in [-0.2, 0) is 0 Å². The number of hydrogen-bond donors (Lipinski definition) is 1. The molecule has 2 aromatic carbocycles. The maximum Gasteiger partial charge on any atom is 0.237 e. The van der Waals surface area contributed by atoms with Crippen molar-refractivity contribution in [2.75, 3.05) is 0 Å². The normalized spacial score (nSPS) is 12.9. The monoisotopic (exact) mass is 240 g/mol. The number of hydrogen-bond acceptors (Lipinski definition) is 2.